The van der Waals surface area contributed by atoms with Crippen molar-refractivity contribution < 1.29 is 4.92 Å². The normalized spacial score (nSPS) is 10.0. The number of nitrogen functional groups attached to an aromatic ring is 1. The van der Waals surface area contributed by atoms with Gasteiger partial charge in [0, 0.05) is 37.1 Å². The van der Waals surface area contributed by atoms with Gasteiger partial charge in [0.2, 0.25) is 0 Å². The van der Waals surface area contributed by atoms with Gasteiger partial charge in [0.15, 0.2) is 0 Å². The number of anilines is 2. The zero-order valence-corrected chi connectivity index (χ0v) is 8.93. The van der Waals surface area contributed by atoms with Gasteiger partial charge in [-0.2, -0.15) is 0 Å². The molecule has 1 aromatic carbocycles. The molecule has 0 spiro atoms. The van der Waals surface area contributed by atoms with Gasteiger partial charge in [-0.3, -0.25) is 10.1 Å². The third-order valence-corrected chi connectivity index (χ3v) is 2.14. The zero-order valence-electron chi connectivity index (χ0n) is 8.93. The Morgan fingerprint density at radius 3 is 2.67 bits per heavy atom. The van der Waals surface area contributed by atoms with Crippen LogP contribution in [0, 0.1) is 10.1 Å². The second-order valence-corrected chi connectivity index (χ2v) is 3.46. The molecule has 2 N–H and O–H groups in total. The van der Waals surface area contributed by atoms with E-state index < -0.39 is 4.92 Å². The highest BCUT2D eigenvalue weighted by molar-refractivity contribution is 5.62. The Kier molecular flexibility index (Phi) is 3.49. The van der Waals surface area contributed by atoms with Crippen molar-refractivity contribution in [1.82, 2.24) is 0 Å². The van der Waals surface area contributed by atoms with Crippen LogP contribution in [0.15, 0.2) is 18.2 Å². The number of nitrogens with zero attached hydrogens (tertiary/aromatic N) is 2. The zero-order chi connectivity index (χ0) is 11.4. The number of nitro benzene ring substituents is 1. The van der Waals surface area contributed by atoms with Gasteiger partial charge in [-0.25, -0.2) is 0 Å². The molecule has 5 nitrogen and oxygen atoms in total. The second-order valence-electron chi connectivity index (χ2n) is 3.46. The van der Waals surface area contributed by atoms with Crippen molar-refractivity contribution in [1.29, 1.82) is 0 Å². The first-order valence-corrected chi connectivity index (χ1v) is 4.80. The molecule has 1 aromatic rings. The summed E-state index contributed by atoms with van der Waals surface area (Å²) in [7, 11) is 1.89. The molecular formula is C10H15N3O2. The van der Waals surface area contributed by atoms with Crippen molar-refractivity contribution >= 4 is 17.1 Å². The molecule has 0 unspecified atom stereocenters. The Morgan fingerprint density at radius 2 is 2.13 bits per heavy atom. The summed E-state index contributed by atoms with van der Waals surface area (Å²) in [4.78, 5) is 12.1. The molecule has 1 rings (SSSR count). The van der Waals surface area contributed by atoms with E-state index in [4.69, 9.17) is 5.73 Å². The van der Waals surface area contributed by atoms with E-state index in [1.807, 2.05) is 11.9 Å². The Labute approximate surface area is 88.6 Å². The fourth-order valence-electron chi connectivity index (χ4n) is 1.41. The van der Waals surface area contributed by atoms with Crippen molar-refractivity contribution in [3.8, 4) is 0 Å². The first-order valence-electron chi connectivity index (χ1n) is 4.80. The number of nitrogens with two attached hydrogens (primary N) is 1. The lowest BCUT2D eigenvalue weighted by molar-refractivity contribution is -0.384. The number of hydrogen-bond donors (Lipinski definition) is 1. The molecule has 0 aliphatic rings. The van der Waals surface area contributed by atoms with E-state index in [-0.39, 0.29) is 5.69 Å². The molecule has 0 fully saturated rings. The Bertz CT molecular complexity index is 366. The topological polar surface area (TPSA) is 72.4 Å². The van der Waals surface area contributed by atoms with E-state index in [1.54, 1.807) is 6.07 Å². The van der Waals surface area contributed by atoms with Crippen LogP contribution < -0.4 is 10.6 Å². The van der Waals surface area contributed by atoms with Crippen LogP contribution in [-0.2, 0) is 0 Å². The van der Waals surface area contributed by atoms with Crippen molar-refractivity contribution in [3.05, 3.63) is 28.3 Å². The van der Waals surface area contributed by atoms with Crippen LogP contribution in [0.2, 0.25) is 0 Å². The minimum Gasteiger partial charge on any atom is -0.398 e. The van der Waals surface area contributed by atoms with Gasteiger partial charge in [-0.15, -0.1) is 0 Å². The quantitative estimate of drug-likeness (QED) is 0.467. The fraction of sp³-hybridized carbons (Fsp3) is 0.400. The van der Waals surface area contributed by atoms with Crippen LogP contribution in [0.4, 0.5) is 17.1 Å². The largest absolute Gasteiger partial charge is 0.398 e. The Morgan fingerprint density at radius 1 is 1.47 bits per heavy atom. The van der Waals surface area contributed by atoms with Crippen LogP contribution in [0.25, 0.3) is 0 Å². The lowest BCUT2D eigenvalue weighted by Crippen LogP contribution is -2.17. The van der Waals surface area contributed by atoms with Crippen molar-refractivity contribution in [3.63, 3.8) is 0 Å². The van der Waals surface area contributed by atoms with Gasteiger partial charge in [-0.05, 0) is 12.5 Å². The minimum absolute atomic E-state index is 0.0351. The summed E-state index contributed by atoms with van der Waals surface area (Å²) in [6.45, 7) is 2.90. The molecule has 0 radical (unpaired) electrons. The van der Waals surface area contributed by atoms with Gasteiger partial charge in [0.05, 0.1) is 4.92 Å². The molecule has 5 heteroatoms. The highest BCUT2D eigenvalue weighted by atomic mass is 16.6. The van der Waals surface area contributed by atoms with Gasteiger partial charge < -0.3 is 10.6 Å². The van der Waals surface area contributed by atoms with Gasteiger partial charge in [0.25, 0.3) is 5.69 Å². The molecule has 0 atom stereocenters. The van der Waals surface area contributed by atoms with E-state index in [2.05, 4.69) is 6.92 Å². The summed E-state index contributed by atoms with van der Waals surface area (Å²) >= 11 is 0. The lowest BCUT2D eigenvalue weighted by Gasteiger charge is -2.18. The molecule has 0 aromatic heterocycles. The summed E-state index contributed by atoms with van der Waals surface area (Å²) in [6.07, 6.45) is 0.985. The van der Waals surface area contributed by atoms with Crippen molar-refractivity contribution in [2.75, 3.05) is 24.2 Å². The van der Waals surface area contributed by atoms with Gasteiger partial charge in [-0.1, -0.05) is 6.92 Å². The number of nitro groups is 1. The average Bonchev–Trinajstić information content (AvgIpc) is 2.17. The van der Waals surface area contributed by atoms with Crippen molar-refractivity contribution in [2.45, 2.75) is 13.3 Å². The SMILES string of the molecule is CCCN(C)c1cc(N)cc([N+](=O)[O-])c1. The maximum atomic E-state index is 10.6. The Hall–Kier alpha value is -1.78. The van der Waals surface area contributed by atoms with E-state index >= 15 is 0 Å². The molecule has 82 valence electrons. The van der Waals surface area contributed by atoms with E-state index in [9.17, 15) is 10.1 Å². The second kappa shape index (κ2) is 4.63. The number of hydrogen-bond acceptors (Lipinski definition) is 4. The highest BCUT2D eigenvalue weighted by Crippen LogP contribution is 2.24. The number of rotatable bonds is 4. The highest BCUT2D eigenvalue weighted by Gasteiger charge is 2.10. The van der Waals surface area contributed by atoms with Crippen LogP contribution in [-0.4, -0.2) is 18.5 Å². The van der Waals surface area contributed by atoms with Crippen LogP contribution in [0.1, 0.15) is 13.3 Å². The molecule has 0 heterocycles. The Balaban J connectivity index is 3.03. The first-order chi connectivity index (χ1) is 7.04. The maximum Gasteiger partial charge on any atom is 0.273 e. The van der Waals surface area contributed by atoms with Crippen molar-refractivity contribution in [2.24, 2.45) is 0 Å². The van der Waals surface area contributed by atoms with Crippen LogP contribution in [0.5, 0.6) is 0 Å². The van der Waals surface area contributed by atoms with E-state index in [0.717, 1.165) is 18.7 Å². The number of non-ortho nitro benzene ring substituents is 1. The van der Waals surface area contributed by atoms with Crippen LogP contribution >= 0.6 is 0 Å². The predicted octanol–water partition coefficient (Wildman–Crippen LogP) is 2.02. The maximum absolute atomic E-state index is 10.6. The number of benzene rings is 1. The molecule has 0 saturated carbocycles. The summed E-state index contributed by atoms with van der Waals surface area (Å²) in [5.41, 5.74) is 6.83. The molecule has 0 aliphatic heterocycles. The first kappa shape index (κ1) is 11.3. The predicted molar refractivity (Wildman–Crippen MR) is 61.1 cm³/mol. The summed E-state index contributed by atoms with van der Waals surface area (Å²) in [6, 6.07) is 4.64. The van der Waals surface area contributed by atoms with Gasteiger partial charge in [0.1, 0.15) is 0 Å². The van der Waals surface area contributed by atoms with Crippen LogP contribution in [0.3, 0.4) is 0 Å². The third-order valence-electron chi connectivity index (χ3n) is 2.14. The van der Waals surface area contributed by atoms with E-state index in [0.29, 0.717) is 5.69 Å². The monoisotopic (exact) mass is 209 g/mol. The third kappa shape index (κ3) is 2.83. The molecule has 0 amide bonds. The lowest BCUT2D eigenvalue weighted by atomic mass is 10.2. The molecular weight excluding hydrogens is 194 g/mol. The molecule has 15 heavy (non-hydrogen) atoms. The molecule has 0 saturated heterocycles. The fourth-order valence-corrected chi connectivity index (χ4v) is 1.41. The summed E-state index contributed by atoms with van der Waals surface area (Å²) < 4.78 is 0. The summed E-state index contributed by atoms with van der Waals surface area (Å²) in [5.74, 6) is 0. The van der Waals surface area contributed by atoms with Gasteiger partial charge >= 0.3 is 0 Å². The average molecular weight is 209 g/mol. The standard InChI is InChI=1S/C10H15N3O2/c1-3-4-12(2)9-5-8(11)6-10(7-9)13(14)15/h5-7H,3-4,11H2,1-2H3. The molecule has 0 aliphatic carbocycles. The molecule has 0 bridgehead atoms. The van der Waals surface area contributed by atoms with E-state index in [1.165, 1.54) is 12.1 Å². The smallest absolute Gasteiger partial charge is 0.273 e. The minimum atomic E-state index is -0.431. The summed E-state index contributed by atoms with van der Waals surface area (Å²) in [5, 5.41) is 10.6.